The Bertz CT molecular complexity index is 615. The van der Waals surface area contributed by atoms with Gasteiger partial charge in [0.25, 0.3) is 0 Å². The zero-order valence-electron chi connectivity index (χ0n) is 10.5. The number of hydrogen-bond donors (Lipinski definition) is 1. The molecule has 0 aliphatic carbocycles. The molecule has 0 fully saturated rings. The molecule has 1 unspecified atom stereocenters. The van der Waals surface area contributed by atoms with Gasteiger partial charge in [-0.1, -0.05) is 17.7 Å². The van der Waals surface area contributed by atoms with Crippen molar-refractivity contribution in [3.05, 3.63) is 49.6 Å². The number of benzene rings is 1. The highest BCUT2D eigenvalue weighted by atomic mass is 127. The molecule has 0 aliphatic heterocycles. The summed E-state index contributed by atoms with van der Waals surface area (Å²) in [6.45, 7) is 1.82. The summed E-state index contributed by atoms with van der Waals surface area (Å²) < 4.78 is 15.4. The monoisotopic (exact) mass is 394 g/mol. The van der Waals surface area contributed by atoms with E-state index in [1.54, 1.807) is 17.8 Å². The first-order chi connectivity index (χ1) is 8.90. The summed E-state index contributed by atoms with van der Waals surface area (Å²) in [5.74, 6) is -0.310. The molecule has 0 radical (unpaired) electrons. The van der Waals surface area contributed by atoms with Crippen molar-refractivity contribution in [1.82, 2.24) is 9.78 Å². The topological polar surface area (TPSA) is 38.0 Å². The first kappa shape index (κ1) is 14.7. The van der Waals surface area contributed by atoms with Gasteiger partial charge in [-0.15, -0.1) is 0 Å². The van der Waals surface area contributed by atoms with E-state index in [4.69, 9.17) is 11.6 Å². The minimum absolute atomic E-state index is 0.310. The average Bonchev–Trinajstić information content (AvgIpc) is 2.56. The van der Waals surface area contributed by atoms with Gasteiger partial charge in [-0.05, 0) is 47.2 Å². The molecule has 0 saturated carbocycles. The fourth-order valence-electron chi connectivity index (χ4n) is 1.97. The van der Waals surface area contributed by atoms with Gasteiger partial charge in [-0.25, -0.2) is 4.39 Å². The van der Waals surface area contributed by atoms with Gasteiger partial charge in [0.05, 0.1) is 22.5 Å². The number of hydrogen-bond acceptors (Lipinski definition) is 2. The maximum absolute atomic E-state index is 13.0. The van der Waals surface area contributed by atoms with E-state index in [1.165, 1.54) is 12.1 Å². The summed E-state index contributed by atoms with van der Waals surface area (Å²) in [6.07, 6.45) is -0.391. The van der Waals surface area contributed by atoms with Crippen LogP contribution in [0.3, 0.4) is 0 Å². The molecule has 1 atom stereocenters. The van der Waals surface area contributed by atoms with E-state index in [0.29, 0.717) is 20.6 Å². The van der Waals surface area contributed by atoms with Crippen LogP contribution in [0.15, 0.2) is 18.2 Å². The molecular weight excluding hydrogens is 382 g/mol. The van der Waals surface area contributed by atoms with Gasteiger partial charge in [-0.2, -0.15) is 5.10 Å². The second-order valence-corrected chi connectivity index (χ2v) is 5.90. The van der Waals surface area contributed by atoms with Crippen LogP contribution >= 0.6 is 34.2 Å². The lowest BCUT2D eigenvalue weighted by Gasteiger charge is -2.13. The van der Waals surface area contributed by atoms with E-state index in [1.807, 2.05) is 29.5 Å². The molecule has 0 bridgehead atoms. The summed E-state index contributed by atoms with van der Waals surface area (Å²) in [7, 11) is 1.79. The maximum Gasteiger partial charge on any atom is 0.124 e. The van der Waals surface area contributed by atoms with Crippen LogP contribution in [0.4, 0.5) is 4.39 Å². The number of aryl methyl sites for hydroxylation is 2. The molecule has 1 aromatic carbocycles. The molecule has 3 nitrogen and oxygen atoms in total. The van der Waals surface area contributed by atoms with Crippen LogP contribution in [0.25, 0.3) is 0 Å². The Morgan fingerprint density at radius 1 is 1.53 bits per heavy atom. The van der Waals surface area contributed by atoms with Crippen LogP contribution in [0, 0.1) is 16.3 Å². The van der Waals surface area contributed by atoms with Crippen molar-refractivity contribution in [1.29, 1.82) is 0 Å². The predicted octanol–water partition coefficient (Wildman–Crippen LogP) is 3.40. The number of rotatable bonds is 3. The Morgan fingerprint density at radius 3 is 2.74 bits per heavy atom. The number of aliphatic hydroxyl groups is 1. The largest absolute Gasteiger partial charge is 0.388 e. The number of aliphatic hydroxyl groups excluding tert-OH is 1. The standard InChI is InChI=1S/C13H13ClFIN2O/c1-7-13(14)11(18(2)17-7)6-12(19)9-4-3-8(15)5-10(9)16/h3-5,12,19H,6H2,1-2H3. The first-order valence-corrected chi connectivity index (χ1v) is 7.16. The summed E-state index contributed by atoms with van der Waals surface area (Å²) in [5, 5.41) is 15.1. The Hall–Kier alpha value is -0.660. The molecule has 2 aromatic rings. The Morgan fingerprint density at radius 2 is 2.21 bits per heavy atom. The minimum Gasteiger partial charge on any atom is -0.388 e. The maximum atomic E-state index is 13.0. The smallest absolute Gasteiger partial charge is 0.124 e. The molecule has 6 heteroatoms. The van der Waals surface area contributed by atoms with Crippen LogP contribution in [0.1, 0.15) is 23.1 Å². The summed E-state index contributed by atoms with van der Waals surface area (Å²) in [5.41, 5.74) is 2.20. The van der Waals surface area contributed by atoms with Crippen molar-refractivity contribution in [2.24, 2.45) is 7.05 Å². The molecule has 1 N–H and O–H groups in total. The molecule has 0 aliphatic rings. The van der Waals surface area contributed by atoms with Crippen LogP contribution in [0.2, 0.25) is 5.02 Å². The Balaban J connectivity index is 2.28. The minimum atomic E-state index is -0.736. The van der Waals surface area contributed by atoms with Crippen LogP contribution in [-0.4, -0.2) is 14.9 Å². The van der Waals surface area contributed by atoms with Crippen molar-refractivity contribution in [3.8, 4) is 0 Å². The van der Waals surface area contributed by atoms with E-state index in [-0.39, 0.29) is 5.82 Å². The van der Waals surface area contributed by atoms with Crippen molar-refractivity contribution in [3.63, 3.8) is 0 Å². The fraction of sp³-hybridized carbons (Fsp3) is 0.308. The Labute approximate surface area is 129 Å². The molecule has 19 heavy (non-hydrogen) atoms. The molecule has 1 heterocycles. The van der Waals surface area contributed by atoms with Gasteiger partial charge in [0.2, 0.25) is 0 Å². The Kier molecular flexibility index (Phi) is 4.47. The quantitative estimate of drug-likeness (QED) is 0.810. The lowest BCUT2D eigenvalue weighted by molar-refractivity contribution is 0.175. The molecular formula is C13H13ClFIN2O. The van der Waals surface area contributed by atoms with Gasteiger partial charge in [0.1, 0.15) is 5.82 Å². The molecule has 2 rings (SSSR count). The first-order valence-electron chi connectivity index (χ1n) is 5.71. The van der Waals surface area contributed by atoms with Gasteiger partial charge in [0, 0.05) is 17.0 Å². The second kappa shape index (κ2) is 5.76. The normalized spacial score (nSPS) is 12.7. The van der Waals surface area contributed by atoms with E-state index in [9.17, 15) is 9.50 Å². The van der Waals surface area contributed by atoms with Gasteiger partial charge in [0.15, 0.2) is 0 Å². The summed E-state index contributed by atoms with van der Waals surface area (Å²) >= 11 is 8.17. The lowest BCUT2D eigenvalue weighted by Crippen LogP contribution is -2.08. The van der Waals surface area contributed by atoms with Crippen molar-refractivity contribution in [2.45, 2.75) is 19.4 Å². The third-order valence-electron chi connectivity index (χ3n) is 2.97. The number of aromatic nitrogens is 2. The SMILES string of the molecule is Cc1nn(C)c(CC(O)c2ccc(F)cc2I)c1Cl. The van der Waals surface area contributed by atoms with E-state index in [0.717, 1.165) is 11.4 Å². The number of nitrogens with zero attached hydrogens (tertiary/aromatic N) is 2. The van der Waals surface area contributed by atoms with Crippen molar-refractivity contribution >= 4 is 34.2 Å². The molecule has 0 amide bonds. The molecule has 102 valence electrons. The highest BCUT2D eigenvalue weighted by Crippen LogP contribution is 2.28. The zero-order valence-corrected chi connectivity index (χ0v) is 13.4. The molecule has 0 saturated heterocycles. The third-order valence-corrected chi connectivity index (χ3v) is 4.40. The summed E-state index contributed by atoms with van der Waals surface area (Å²) in [4.78, 5) is 0. The predicted molar refractivity (Wildman–Crippen MR) is 80.7 cm³/mol. The fourth-order valence-corrected chi connectivity index (χ4v) is 3.04. The van der Waals surface area contributed by atoms with Crippen molar-refractivity contribution < 1.29 is 9.50 Å². The van der Waals surface area contributed by atoms with Gasteiger partial charge >= 0.3 is 0 Å². The van der Waals surface area contributed by atoms with Crippen molar-refractivity contribution in [2.75, 3.05) is 0 Å². The highest BCUT2D eigenvalue weighted by molar-refractivity contribution is 14.1. The summed E-state index contributed by atoms with van der Waals surface area (Å²) in [6, 6.07) is 4.34. The van der Waals surface area contributed by atoms with Crippen LogP contribution < -0.4 is 0 Å². The van der Waals surface area contributed by atoms with E-state index in [2.05, 4.69) is 5.10 Å². The highest BCUT2D eigenvalue weighted by Gasteiger charge is 2.18. The van der Waals surface area contributed by atoms with E-state index < -0.39 is 6.10 Å². The van der Waals surface area contributed by atoms with Crippen LogP contribution in [-0.2, 0) is 13.5 Å². The lowest BCUT2D eigenvalue weighted by atomic mass is 10.0. The zero-order chi connectivity index (χ0) is 14.2. The van der Waals surface area contributed by atoms with E-state index >= 15 is 0 Å². The third kappa shape index (κ3) is 3.09. The van der Waals surface area contributed by atoms with Gasteiger partial charge < -0.3 is 5.11 Å². The molecule has 1 aromatic heterocycles. The average molecular weight is 395 g/mol. The number of halogens is 3. The molecule has 0 spiro atoms. The van der Waals surface area contributed by atoms with Gasteiger partial charge in [-0.3, -0.25) is 4.68 Å². The van der Waals surface area contributed by atoms with Crippen LogP contribution in [0.5, 0.6) is 0 Å². The second-order valence-electron chi connectivity index (χ2n) is 4.36.